The average Bonchev–Trinajstić information content (AvgIpc) is 2.28. The molecule has 0 spiro atoms. The van der Waals surface area contributed by atoms with Crippen LogP contribution in [0, 0.1) is 0 Å². The van der Waals surface area contributed by atoms with Gasteiger partial charge in [-0.25, -0.2) is 0 Å². The maximum atomic E-state index is 5.89. The Balaban J connectivity index is 1.81. The van der Waals surface area contributed by atoms with Gasteiger partial charge in [-0.05, 0) is 18.2 Å². The molecule has 3 nitrogen and oxygen atoms in total. The smallest absolute Gasteiger partial charge is 0.0637 e. The van der Waals surface area contributed by atoms with E-state index in [0.717, 1.165) is 37.0 Å². The minimum absolute atomic E-state index is 0.387. The van der Waals surface area contributed by atoms with Gasteiger partial charge in [-0.15, -0.1) is 0 Å². The van der Waals surface area contributed by atoms with Crippen LogP contribution in [0.1, 0.15) is 0 Å². The van der Waals surface area contributed by atoms with Gasteiger partial charge >= 0.3 is 0 Å². The van der Waals surface area contributed by atoms with Crippen molar-refractivity contribution >= 4 is 17.3 Å². The van der Waals surface area contributed by atoms with Crippen molar-refractivity contribution in [3.05, 3.63) is 29.3 Å². The molecule has 4 heteroatoms. The number of nitrogens with one attached hydrogen (secondary N) is 2. The van der Waals surface area contributed by atoms with Crippen LogP contribution in [0.2, 0.25) is 5.02 Å². The minimum Gasteiger partial charge on any atom is -0.383 e. The average molecular weight is 227 g/mol. The first-order chi connectivity index (χ1) is 7.34. The van der Waals surface area contributed by atoms with E-state index in [9.17, 15) is 0 Å². The Morgan fingerprint density at radius 3 is 3.20 bits per heavy atom. The zero-order valence-electron chi connectivity index (χ0n) is 8.50. The lowest BCUT2D eigenvalue weighted by molar-refractivity contribution is 0.0806. The first kappa shape index (κ1) is 10.7. The molecule has 82 valence electrons. The van der Waals surface area contributed by atoms with E-state index in [2.05, 4.69) is 10.6 Å². The highest BCUT2D eigenvalue weighted by Gasteiger charge is 2.11. The molecule has 2 N–H and O–H groups in total. The van der Waals surface area contributed by atoms with Crippen molar-refractivity contribution in [2.75, 3.05) is 31.6 Å². The molecule has 1 fully saturated rings. The topological polar surface area (TPSA) is 33.3 Å². The van der Waals surface area contributed by atoms with E-state index < -0.39 is 0 Å². The Morgan fingerprint density at radius 1 is 1.53 bits per heavy atom. The van der Waals surface area contributed by atoms with Gasteiger partial charge in [0.25, 0.3) is 0 Å². The Kier molecular flexibility index (Phi) is 3.83. The Labute approximate surface area is 94.8 Å². The summed E-state index contributed by atoms with van der Waals surface area (Å²) in [6.45, 7) is 3.38. The molecule has 1 aromatic carbocycles. The number of halogens is 1. The van der Waals surface area contributed by atoms with E-state index in [4.69, 9.17) is 16.3 Å². The van der Waals surface area contributed by atoms with Gasteiger partial charge in [-0.1, -0.05) is 17.7 Å². The lowest BCUT2D eigenvalue weighted by atomic mass is 10.2. The minimum atomic E-state index is 0.387. The predicted octanol–water partition coefficient (Wildman–Crippen LogP) is 1.74. The SMILES string of the molecule is Clc1cccc(NCC2COCCN2)c1. The molecule has 1 unspecified atom stereocenters. The second-order valence-corrected chi connectivity index (χ2v) is 4.05. The van der Waals surface area contributed by atoms with Crippen LogP contribution in [0.4, 0.5) is 5.69 Å². The molecular weight excluding hydrogens is 212 g/mol. The number of ether oxygens (including phenoxy) is 1. The number of hydrogen-bond acceptors (Lipinski definition) is 3. The highest BCUT2D eigenvalue weighted by molar-refractivity contribution is 6.30. The highest BCUT2D eigenvalue weighted by atomic mass is 35.5. The lowest BCUT2D eigenvalue weighted by Crippen LogP contribution is -2.45. The van der Waals surface area contributed by atoms with Gasteiger partial charge in [0.1, 0.15) is 0 Å². The maximum Gasteiger partial charge on any atom is 0.0637 e. The highest BCUT2D eigenvalue weighted by Crippen LogP contribution is 2.14. The number of morpholine rings is 1. The first-order valence-corrected chi connectivity index (χ1v) is 5.53. The number of hydrogen-bond donors (Lipinski definition) is 2. The molecule has 0 bridgehead atoms. The van der Waals surface area contributed by atoms with Crippen molar-refractivity contribution in [3.63, 3.8) is 0 Å². The molecule has 0 aliphatic carbocycles. The first-order valence-electron chi connectivity index (χ1n) is 5.15. The molecule has 2 rings (SSSR count). The molecule has 1 aromatic rings. The quantitative estimate of drug-likeness (QED) is 0.824. The number of anilines is 1. The standard InChI is InChI=1S/C11H15ClN2O/c12-9-2-1-3-10(6-9)14-7-11-8-15-5-4-13-11/h1-3,6,11,13-14H,4-5,7-8H2. The van der Waals surface area contributed by atoms with Crippen LogP contribution in [-0.2, 0) is 4.74 Å². The van der Waals surface area contributed by atoms with Crippen LogP contribution < -0.4 is 10.6 Å². The molecule has 15 heavy (non-hydrogen) atoms. The summed E-state index contributed by atoms with van der Waals surface area (Å²) in [5.41, 5.74) is 1.05. The van der Waals surface area contributed by atoms with E-state index in [1.165, 1.54) is 0 Å². The van der Waals surface area contributed by atoms with E-state index in [0.29, 0.717) is 6.04 Å². The molecule has 1 heterocycles. The molecule has 0 aromatic heterocycles. The van der Waals surface area contributed by atoms with Gasteiger partial charge < -0.3 is 15.4 Å². The van der Waals surface area contributed by atoms with Crippen LogP contribution in [0.25, 0.3) is 0 Å². The fourth-order valence-electron chi connectivity index (χ4n) is 1.59. The molecule has 1 aliphatic rings. The van der Waals surface area contributed by atoms with E-state index in [-0.39, 0.29) is 0 Å². The van der Waals surface area contributed by atoms with Gasteiger partial charge in [0.2, 0.25) is 0 Å². The predicted molar refractivity (Wildman–Crippen MR) is 62.6 cm³/mol. The molecule has 1 saturated heterocycles. The Morgan fingerprint density at radius 2 is 2.47 bits per heavy atom. The number of rotatable bonds is 3. The van der Waals surface area contributed by atoms with E-state index >= 15 is 0 Å². The second kappa shape index (κ2) is 5.35. The fraction of sp³-hybridized carbons (Fsp3) is 0.455. The Bertz CT molecular complexity index is 313. The summed E-state index contributed by atoms with van der Waals surface area (Å²) in [5, 5.41) is 7.47. The van der Waals surface area contributed by atoms with E-state index in [1.54, 1.807) is 0 Å². The van der Waals surface area contributed by atoms with Gasteiger partial charge in [-0.2, -0.15) is 0 Å². The molecule has 0 radical (unpaired) electrons. The zero-order valence-corrected chi connectivity index (χ0v) is 9.26. The molecule has 0 saturated carbocycles. The van der Waals surface area contributed by atoms with E-state index in [1.807, 2.05) is 24.3 Å². The summed E-state index contributed by atoms with van der Waals surface area (Å²) in [6, 6.07) is 8.13. The van der Waals surface area contributed by atoms with Crippen molar-refractivity contribution < 1.29 is 4.74 Å². The van der Waals surface area contributed by atoms with Crippen molar-refractivity contribution in [2.45, 2.75) is 6.04 Å². The molecule has 0 amide bonds. The van der Waals surface area contributed by atoms with Crippen molar-refractivity contribution in [1.82, 2.24) is 5.32 Å². The van der Waals surface area contributed by atoms with Gasteiger partial charge in [0.15, 0.2) is 0 Å². The monoisotopic (exact) mass is 226 g/mol. The van der Waals surface area contributed by atoms with Crippen LogP contribution in [0.15, 0.2) is 24.3 Å². The summed E-state index contributed by atoms with van der Waals surface area (Å²) < 4.78 is 5.37. The van der Waals surface area contributed by atoms with Crippen molar-refractivity contribution in [3.8, 4) is 0 Å². The molecular formula is C11H15ClN2O. The second-order valence-electron chi connectivity index (χ2n) is 3.62. The zero-order chi connectivity index (χ0) is 10.5. The van der Waals surface area contributed by atoms with Crippen molar-refractivity contribution in [1.29, 1.82) is 0 Å². The number of benzene rings is 1. The lowest BCUT2D eigenvalue weighted by Gasteiger charge is -2.24. The third-order valence-corrected chi connectivity index (χ3v) is 2.61. The third kappa shape index (κ3) is 3.38. The summed E-state index contributed by atoms with van der Waals surface area (Å²) in [6.07, 6.45) is 0. The van der Waals surface area contributed by atoms with Gasteiger partial charge in [0, 0.05) is 29.8 Å². The van der Waals surface area contributed by atoms with Crippen LogP contribution >= 0.6 is 11.6 Å². The van der Waals surface area contributed by atoms with Crippen molar-refractivity contribution in [2.24, 2.45) is 0 Å². The molecule has 1 atom stereocenters. The molecule has 1 aliphatic heterocycles. The maximum absolute atomic E-state index is 5.89. The Hall–Kier alpha value is -0.770. The summed E-state index contributed by atoms with van der Waals surface area (Å²) >= 11 is 5.89. The summed E-state index contributed by atoms with van der Waals surface area (Å²) in [7, 11) is 0. The summed E-state index contributed by atoms with van der Waals surface area (Å²) in [4.78, 5) is 0. The van der Waals surface area contributed by atoms with Crippen LogP contribution in [0.3, 0.4) is 0 Å². The van der Waals surface area contributed by atoms with Crippen LogP contribution in [0.5, 0.6) is 0 Å². The fourth-order valence-corrected chi connectivity index (χ4v) is 1.78. The third-order valence-electron chi connectivity index (χ3n) is 2.38. The summed E-state index contributed by atoms with van der Waals surface area (Å²) in [5.74, 6) is 0. The van der Waals surface area contributed by atoms with Gasteiger partial charge in [0.05, 0.1) is 13.2 Å². The normalized spacial score (nSPS) is 21.3. The van der Waals surface area contributed by atoms with Gasteiger partial charge in [-0.3, -0.25) is 0 Å². The van der Waals surface area contributed by atoms with Crippen LogP contribution in [-0.4, -0.2) is 32.3 Å². The largest absolute Gasteiger partial charge is 0.383 e.